The van der Waals surface area contributed by atoms with Crippen LogP contribution in [0.3, 0.4) is 0 Å². The van der Waals surface area contributed by atoms with Crippen LogP contribution in [0.25, 0.3) is 0 Å². The third kappa shape index (κ3) is 2.84. The monoisotopic (exact) mass is 204 g/mol. The number of anilines is 1. The second-order valence-electron chi connectivity index (χ2n) is 3.41. The molecule has 1 amide bonds. The molecule has 15 heavy (non-hydrogen) atoms. The van der Waals surface area contributed by atoms with E-state index in [4.69, 9.17) is 0 Å². The van der Waals surface area contributed by atoms with Gasteiger partial charge >= 0.3 is 0 Å². The number of amides is 1. The Morgan fingerprint density at radius 3 is 2.73 bits per heavy atom. The molecule has 0 saturated heterocycles. The Labute approximate surface area is 90.4 Å². The number of para-hydroxylation sites is 1. The highest BCUT2D eigenvalue weighted by Crippen LogP contribution is 2.17. The van der Waals surface area contributed by atoms with Crippen molar-refractivity contribution >= 4 is 11.6 Å². The fraction of sp³-hybridized carbons (Fsp3) is 0.250. The summed E-state index contributed by atoms with van der Waals surface area (Å²) in [6, 6.07) is 7.51. The Morgan fingerprint density at radius 2 is 2.13 bits per heavy atom. The van der Waals surface area contributed by atoms with E-state index >= 15 is 0 Å². The lowest BCUT2D eigenvalue weighted by molar-refractivity contribution is 0.0958. The van der Waals surface area contributed by atoms with Crippen LogP contribution in [0.4, 0.5) is 5.69 Å². The maximum Gasteiger partial charge on any atom is 0.253 e. The first-order valence-corrected chi connectivity index (χ1v) is 4.82. The molecule has 0 unspecified atom stereocenters. The van der Waals surface area contributed by atoms with Crippen LogP contribution in [-0.2, 0) is 0 Å². The minimum absolute atomic E-state index is 0.0702. The summed E-state index contributed by atoms with van der Waals surface area (Å²) in [7, 11) is 3.83. The van der Waals surface area contributed by atoms with Crippen molar-refractivity contribution in [2.24, 2.45) is 0 Å². The summed E-state index contributed by atoms with van der Waals surface area (Å²) in [5.41, 5.74) is 1.60. The maximum absolute atomic E-state index is 11.7. The molecule has 3 heteroatoms. The Kier molecular flexibility index (Phi) is 3.92. The summed E-state index contributed by atoms with van der Waals surface area (Å²) in [5.74, 6) is -0.0702. The van der Waals surface area contributed by atoms with E-state index in [1.54, 1.807) is 6.08 Å². The van der Waals surface area contributed by atoms with Crippen molar-refractivity contribution in [2.75, 3.05) is 25.5 Å². The van der Waals surface area contributed by atoms with E-state index in [0.717, 1.165) is 5.69 Å². The maximum atomic E-state index is 11.7. The molecular formula is C12H16N2O. The molecule has 0 fully saturated rings. The predicted molar refractivity (Wildman–Crippen MR) is 63.3 cm³/mol. The van der Waals surface area contributed by atoms with Crippen molar-refractivity contribution in [3.05, 3.63) is 42.5 Å². The van der Waals surface area contributed by atoms with Gasteiger partial charge in [-0.05, 0) is 12.1 Å². The summed E-state index contributed by atoms with van der Waals surface area (Å²) in [5, 5.41) is 2.76. The van der Waals surface area contributed by atoms with Gasteiger partial charge in [-0.1, -0.05) is 18.2 Å². The number of hydrogen-bond donors (Lipinski definition) is 1. The average Bonchev–Trinajstić information content (AvgIpc) is 2.25. The number of rotatable bonds is 4. The van der Waals surface area contributed by atoms with E-state index in [1.165, 1.54) is 0 Å². The third-order valence-corrected chi connectivity index (χ3v) is 2.04. The molecule has 0 aliphatic heterocycles. The zero-order valence-corrected chi connectivity index (χ0v) is 9.16. The summed E-state index contributed by atoms with van der Waals surface area (Å²) >= 11 is 0. The van der Waals surface area contributed by atoms with E-state index < -0.39 is 0 Å². The Bertz CT molecular complexity index is 358. The lowest BCUT2D eigenvalue weighted by atomic mass is 10.1. The molecule has 0 heterocycles. The Hall–Kier alpha value is -1.77. The minimum atomic E-state index is -0.0702. The topological polar surface area (TPSA) is 32.3 Å². The van der Waals surface area contributed by atoms with Gasteiger partial charge in [0.15, 0.2) is 0 Å². The van der Waals surface area contributed by atoms with Crippen LogP contribution in [-0.4, -0.2) is 26.5 Å². The third-order valence-electron chi connectivity index (χ3n) is 2.04. The highest BCUT2D eigenvalue weighted by molar-refractivity contribution is 5.99. The van der Waals surface area contributed by atoms with Crippen molar-refractivity contribution in [1.29, 1.82) is 0 Å². The number of carbonyl (C=O) groups excluding carboxylic acids is 1. The molecule has 3 nitrogen and oxygen atoms in total. The van der Waals surface area contributed by atoms with E-state index in [0.29, 0.717) is 12.1 Å². The summed E-state index contributed by atoms with van der Waals surface area (Å²) in [6.45, 7) is 4.05. The lowest BCUT2D eigenvalue weighted by Crippen LogP contribution is -2.25. The first-order chi connectivity index (χ1) is 7.16. The van der Waals surface area contributed by atoms with Crippen LogP contribution in [0.2, 0.25) is 0 Å². The van der Waals surface area contributed by atoms with E-state index in [1.807, 2.05) is 43.3 Å². The van der Waals surface area contributed by atoms with Crippen molar-refractivity contribution in [1.82, 2.24) is 5.32 Å². The van der Waals surface area contributed by atoms with Gasteiger partial charge in [0.05, 0.1) is 5.56 Å². The summed E-state index contributed by atoms with van der Waals surface area (Å²) < 4.78 is 0. The molecule has 0 bridgehead atoms. The van der Waals surface area contributed by atoms with Crippen LogP contribution >= 0.6 is 0 Å². The van der Waals surface area contributed by atoms with Gasteiger partial charge in [-0.25, -0.2) is 0 Å². The van der Waals surface area contributed by atoms with Gasteiger partial charge in [0.1, 0.15) is 0 Å². The number of carbonyl (C=O) groups is 1. The molecule has 0 aromatic heterocycles. The highest BCUT2D eigenvalue weighted by atomic mass is 16.1. The SMILES string of the molecule is C=CCNC(=O)c1ccccc1N(C)C. The quantitative estimate of drug-likeness (QED) is 0.757. The zero-order chi connectivity index (χ0) is 11.3. The number of nitrogens with zero attached hydrogens (tertiary/aromatic N) is 1. The molecule has 0 radical (unpaired) electrons. The molecule has 1 aromatic rings. The first kappa shape index (κ1) is 11.3. The van der Waals surface area contributed by atoms with Crippen molar-refractivity contribution in [2.45, 2.75) is 0 Å². The summed E-state index contributed by atoms with van der Waals surface area (Å²) in [6.07, 6.45) is 1.66. The number of hydrogen-bond acceptors (Lipinski definition) is 2. The van der Waals surface area contributed by atoms with Gasteiger partial charge < -0.3 is 10.2 Å². The van der Waals surface area contributed by atoms with Gasteiger partial charge in [-0.2, -0.15) is 0 Å². The molecule has 1 aromatic carbocycles. The molecule has 0 spiro atoms. The second-order valence-corrected chi connectivity index (χ2v) is 3.41. The van der Waals surface area contributed by atoms with Crippen LogP contribution < -0.4 is 10.2 Å². The molecule has 80 valence electrons. The van der Waals surface area contributed by atoms with Crippen LogP contribution in [0.15, 0.2) is 36.9 Å². The zero-order valence-electron chi connectivity index (χ0n) is 9.16. The van der Waals surface area contributed by atoms with Crippen molar-refractivity contribution in [3.8, 4) is 0 Å². The molecule has 0 aliphatic carbocycles. The van der Waals surface area contributed by atoms with Gasteiger partial charge in [0.2, 0.25) is 0 Å². The summed E-state index contributed by atoms with van der Waals surface area (Å²) in [4.78, 5) is 13.7. The average molecular weight is 204 g/mol. The number of nitrogens with one attached hydrogen (secondary N) is 1. The van der Waals surface area contributed by atoms with Gasteiger partial charge in [0.25, 0.3) is 5.91 Å². The first-order valence-electron chi connectivity index (χ1n) is 4.82. The van der Waals surface area contributed by atoms with E-state index in [-0.39, 0.29) is 5.91 Å². The molecule has 0 atom stereocenters. The lowest BCUT2D eigenvalue weighted by Gasteiger charge is -2.16. The largest absolute Gasteiger partial charge is 0.377 e. The van der Waals surface area contributed by atoms with Gasteiger partial charge in [-0.15, -0.1) is 6.58 Å². The standard InChI is InChI=1S/C12H16N2O/c1-4-9-13-12(15)10-7-5-6-8-11(10)14(2)3/h4-8H,1,9H2,2-3H3,(H,13,15). The fourth-order valence-corrected chi connectivity index (χ4v) is 1.32. The predicted octanol–water partition coefficient (Wildman–Crippen LogP) is 1.67. The van der Waals surface area contributed by atoms with Crippen LogP contribution in [0.5, 0.6) is 0 Å². The smallest absolute Gasteiger partial charge is 0.253 e. The van der Waals surface area contributed by atoms with Crippen molar-refractivity contribution < 1.29 is 4.79 Å². The van der Waals surface area contributed by atoms with Gasteiger partial charge in [-0.3, -0.25) is 4.79 Å². The van der Waals surface area contributed by atoms with E-state index in [9.17, 15) is 4.79 Å². The van der Waals surface area contributed by atoms with Crippen LogP contribution in [0.1, 0.15) is 10.4 Å². The Morgan fingerprint density at radius 1 is 1.47 bits per heavy atom. The normalized spacial score (nSPS) is 9.47. The van der Waals surface area contributed by atoms with Crippen LogP contribution in [0, 0.1) is 0 Å². The van der Waals surface area contributed by atoms with Gasteiger partial charge in [0, 0.05) is 26.3 Å². The molecule has 1 rings (SSSR count). The minimum Gasteiger partial charge on any atom is -0.377 e. The van der Waals surface area contributed by atoms with Crippen molar-refractivity contribution in [3.63, 3.8) is 0 Å². The second kappa shape index (κ2) is 5.20. The molecule has 0 aliphatic rings. The molecule has 0 saturated carbocycles. The Balaban J connectivity index is 2.92. The molecular weight excluding hydrogens is 188 g/mol. The molecule has 1 N–H and O–H groups in total. The van der Waals surface area contributed by atoms with E-state index in [2.05, 4.69) is 11.9 Å². The fourth-order valence-electron chi connectivity index (χ4n) is 1.32. The highest BCUT2D eigenvalue weighted by Gasteiger charge is 2.10. The number of benzene rings is 1.